The van der Waals surface area contributed by atoms with Gasteiger partial charge in [0.15, 0.2) is 11.2 Å². The number of benzene rings is 1. The Morgan fingerprint density at radius 1 is 1.15 bits per heavy atom. The molecule has 0 bridgehead atoms. The quantitative estimate of drug-likeness (QED) is 0.690. The molecule has 0 radical (unpaired) electrons. The first kappa shape index (κ1) is 20.4. The van der Waals surface area contributed by atoms with Crippen LogP contribution in [0.4, 0.5) is 0 Å². The number of H-pyrrole nitrogens is 1. The molecule has 1 aromatic carbocycles. The van der Waals surface area contributed by atoms with Gasteiger partial charge in [-0.3, -0.25) is 9.59 Å². The minimum Gasteiger partial charge on any atom is -0.493 e. The zero-order chi connectivity index (χ0) is 20.1. The van der Waals surface area contributed by atoms with Crippen LogP contribution in [0.15, 0.2) is 35.3 Å². The number of pyridine rings is 1. The fraction of sp³-hybridized carbons (Fsp3) is 0.381. The van der Waals surface area contributed by atoms with Crippen molar-refractivity contribution in [3.8, 4) is 5.75 Å². The Bertz CT molecular complexity index is 896. The van der Waals surface area contributed by atoms with Gasteiger partial charge in [0.1, 0.15) is 11.3 Å². The molecule has 0 saturated carbocycles. The average Bonchev–Trinajstić information content (AvgIpc) is 2.59. The number of ketones is 1. The van der Waals surface area contributed by atoms with E-state index in [4.69, 9.17) is 9.84 Å². The summed E-state index contributed by atoms with van der Waals surface area (Å²) in [5, 5.41) is 8.90. The molecule has 0 aliphatic heterocycles. The normalized spacial score (nSPS) is 11.0. The molecule has 0 saturated heterocycles. The lowest BCUT2D eigenvalue weighted by molar-refractivity contribution is 0.0694. The molecule has 0 fully saturated rings. The Labute approximate surface area is 158 Å². The fourth-order valence-electron chi connectivity index (χ4n) is 2.63. The summed E-state index contributed by atoms with van der Waals surface area (Å²) in [6.45, 7) is 8.88. The van der Waals surface area contributed by atoms with Crippen molar-refractivity contribution in [3.63, 3.8) is 0 Å². The Hall–Kier alpha value is -2.89. The van der Waals surface area contributed by atoms with Crippen molar-refractivity contribution in [3.05, 3.63) is 63.1 Å². The number of nitrogens with one attached hydrogen (secondary N) is 1. The predicted octanol–water partition coefficient (Wildman–Crippen LogP) is 3.66. The second-order valence-electron chi connectivity index (χ2n) is 7.26. The first-order valence-corrected chi connectivity index (χ1v) is 8.93. The zero-order valence-corrected chi connectivity index (χ0v) is 16.0. The SMILES string of the molecule is CC(C)COc1cc(CC(=O)c2cc(=O)c(C(=O)O)c[nH]2)ccc1C(C)C. The van der Waals surface area contributed by atoms with Crippen LogP contribution in [0.5, 0.6) is 5.75 Å². The summed E-state index contributed by atoms with van der Waals surface area (Å²) >= 11 is 0. The van der Waals surface area contributed by atoms with E-state index in [1.807, 2.05) is 18.2 Å². The smallest absolute Gasteiger partial charge is 0.341 e. The van der Waals surface area contributed by atoms with E-state index in [1.165, 1.54) is 0 Å². The van der Waals surface area contributed by atoms with Gasteiger partial charge in [0.2, 0.25) is 0 Å². The van der Waals surface area contributed by atoms with E-state index in [1.54, 1.807) is 0 Å². The van der Waals surface area contributed by atoms with Gasteiger partial charge in [0.25, 0.3) is 0 Å². The molecule has 2 rings (SSSR count). The van der Waals surface area contributed by atoms with Gasteiger partial charge >= 0.3 is 5.97 Å². The highest BCUT2D eigenvalue weighted by Crippen LogP contribution is 2.28. The third kappa shape index (κ3) is 5.29. The summed E-state index contributed by atoms with van der Waals surface area (Å²) in [5.74, 6) is -0.189. The molecule has 2 N–H and O–H groups in total. The number of carbonyl (C=O) groups is 2. The van der Waals surface area contributed by atoms with Gasteiger partial charge in [-0.25, -0.2) is 4.79 Å². The number of ether oxygens (including phenoxy) is 1. The second kappa shape index (κ2) is 8.66. The molecule has 0 amide bonds. The Kier molecular flexibility index (Phi) is 6.55. The molecule has 0 spiro atoms. The molecule has 0 aliphatic carbocycles. The first-order chi connectivity index (χ1) is 12.7. The highest BCUT2D eigenvalue weighted by Gasteiger charge is 2.15. The molecule has 2 aromatic rings. The second-order valence-corrected chi connectivity index (χ2v) is 7.26. The maximum absolute atomic E-state index is 12.5. The molecular formula is C21H25NO5. The van der Waals surface area contributed by atoms with Gasteiger partial charge in [0, 0.05) is 18.7 Å². The maximum Gasteiger partial charge on any atom is 0.341 e. The van der Waals surface area contributed by atoms with Crippen molar-refractivity contribution in [1.29, 1.82) is 0 Å². The van der Waals surface area contributed by atoms with Crippen LogP contribution in [0.2, 0.25) is 0 Å². The van der Waals surface area contributed by atoms with E-state index < -0.39 is 17.0 Å². The monoisotopic (exact) mass is 371 g/mol. The van der Waals surface area contributed by atoms with Gasteiger partial charge in [-0.1, -0.05) is 39.8 Å². The molecule has 6 heteroatoms. The van der Waals surface area contributed by atoms with Crippen LogP contribution in [0.3, 0.4) is 0 Å². The molecule has 27 heavy (non-hydrogen) atoms. The predicted molar refractivity (Wildman–Crippen MR) is 103 cm³/mol. The number of rotatable bonds is 8. The van der Waals surface area contributed by atoms with E-state index >= 15 is 0 Å². The minimum absolute atomic E-state index is 0.0821. The van der Waals surface area contributed by atoms with Crippen molar-refractivity contribution in [1.82, 2.24) is 4.98 Å². The van der Waals surface area contributed by atoms with Gasteiger partial charge in [-0.05, 0) is 29.0 Å². The van der Waals surface area contributed by atoms with Crippen LogP contribution in [-0.4, -0.2) is 28.4 Å². The highest BCUT2D eigenvalue weighted by molar-refractivity contribution is 5.96. The highest BCUT2D eigenvalue weighted by atomic mass is 16.5. The number of carbonyl (C=O) groups excluding carboxylic acids is 1. The summed E-state index contributed by atoms with van der Waals surface area (Å²) in [6.07, 6.45) is 1.13. The molecule has 0 atom stereocenters. The number of hydrogen-bond acceptors (Lipinski definition) is 4. The third-order valence-electron chi connectivity index (χ3n) is 4.08. The standard InChI is InChI=1S/C21H25NO5/c1-12(2)11-27-20-8-14(5-6-15(20)13(3)4)7-19(24)17-9-18(23)16(10-22-17)21(25)26/h5-6,8-10,12-13H,7,11H2,1-4H3,(H,22,23)(H,25,26). The van der Waals surface area contributed by atoms with Gasteiger partial charge in [-0.2, -0.15) is 0 Å². The van der Waals surface area contributed by atoms with Crippen molar-refractivity contribution in [2.75, 3.05) is 6.61 Å². The van der Waals surface area contributed by atoms with Crippen LogP contribution in [-0.2, 0) is 6.42 Å². The molecule has 0 unspecified atom stereocenters. The number of aromatic carboxylic acids is 1. The number of carboxylic acid groups (broad SMARTS) is 1. The van der Waals surface area contributed by atoms with Gasteiger partial charge in [0.05, 0.1) is 12.3 Å². The zero-order valence-electron chi connectivity index (χ0n) is 16.0. The Morgan fingerprint density at radius 2 is 1.85 bits per heavy atom. The van der Waals surface area contributed by atoms with Gasteiger partial charge < -0.3 is 14.8 Å². The van der Waals surface area contributed by atoms with Crippen LogP contribution in [0, 0.1) is 5.92 Å². The van der Waals surface area contributed by atoms with E-state index in [-0.39, 0.29) is 23.8 Å². The summed E-state index contributed by atoms with van der Waals surface area (Å²) < 4.78 is 5.91. The van der Waals surface area contributed by atoms with Crippen LogP contribution in [0.25, 0.3) is 0 Å². The number of aromatic amines is 1. The van der Waals surface area contributed by atoms with E-state index in [2.05, 4.69) is 32.7 Å². The number of hydrogen-bond donors (Lipinski definition) is 2. The van der Waals surface area contributed by atoms with Crippen LogP contribution < -0.4 is 10.2 Å². The van der Waals surface area contributed by atoms with Crippen LogP contribution in [0.1, 0.15) is 65.6 Å². The molecule has 144 valence electrons. The van der Waals surface area contributed by atoms with E-state index in [0.717, 1.165) is 29.1 Å². The minimum atomic E-state index is -1.33. The fourth-order valence-corrected chi connectivity index (χ4v) is 2.63. The molecular weight excluding hydrogens is 346 g/mol. The lowest BCUT2D eigenvalue weighted by Crippen LogP contribution is -2.18. The van der Waals surface area contributed by atoms with Crippen molar-refractivity contribution in [2.45, 2.75) is 40.0 Å². The van der Waals surface area contributed by atoms with Gasteiger partial charge in [-0.15, -0.1) is 0 Å². The van der Waals surface area contributed by atoms with Crippen molar-refractivity contribution < 1.29 is 19.4 Å². The van der Waals surface area contributed by atoms with E-state index in [0.29, 0.717) is 12.5 Å². The van der Waals surface area contributed by atoms with Crippen molar-refractivity contribution in [2.24, 2.45) is 5.92 Å². The number of carboxylic acids is 1. The largest absolute Gasteiger partial charge is 0.493 e. The molecule has 0 aliphatic rings. The summed E-state index contributed by atoms with van der Waals surface area (Å²) in [5.41, 5.74) is 0.845. The lowest BCUT2D eigenvalue weighted by atomic mass is 9.98. The summed E-state index contributed by atoms with van der Waals surface area (Å²) in [6, 6.07) is 6.72. The average molecular weight is 371 g/mol. The summed E-state index contributed by atoms with van der Waals surface area (Å²) in [4.78, 5) is 37.8. The Balaban J connectivity index is 2.24. The van der Waals surface area contributed by atoms with Crippen LogP contribution >= 0.6 is 0 Å². The molecule has 6 nitrogen and oxygen atoms in total. The number of Topliss-reactive ketones (excluding diaryl/α,β-unsaturated/α-hetero) is 1. The maximum atomic E-state index is 12.5. The first-order valence-electron chi connectivity index (χ1n) is 8.93. The van der Waals surface area contributed by atoms with E-state index in [9.17, 15) is 14.4 Å². The summed E-state index contributed by atoms with van der Waals surface area (Å²) in [7, 11) is 0. The topological polar surface area (TPSA) is 96.5 Å². The molecule has 1 aromatic heterocycles. The van der Waals surface area contributed by atoms with Crippen molar-refractivity contribution >= 4 is 11.8 Å². The number of aromatic nitrogens is 1. The Morgan fingerprint density at radius 3 is 2.41 bits per heavy atom. The third-order valence-corrected chi connectivity index (χ3v) is 4.08. The lowest BCUT2D eigenvalue weighted by Gasteiger charge is -2.16. The molecule has 1 heterocycles.